The molecule has 0 spiro atoms. The highest BCUT2D eigenvalue weighted by atomic mass is 16.1. The van der Waals surface area contributed by atoms with Crippen molar-refractivity contribution < 1.29 is 0 Å². The highest BCUT2D eigenvalue weighted by Gasteiger charge is 2.15. The first-order valence-electron chi connectivity index (χ1n) is 6.98. The average Bonchev–Trinajstić information content (AvgIpc) is 2.96. The van der Waals surface area contributed by atoms with E-state index in [4.69, 9.17) is 0 Å². The SMILES string of the molecule is Cn1cccc(-c2cnc(NC3CCCC3)nc2)c1=O. The molecule has 1 saturated carbocycles. The Balaban J connectivity index is 1.82. The number of rotatable bonds is 3. The van der Waals surface area contributed by atoms with Crippen molar-refractivity contribution in [3.05, 3.63) is 41.1 Å². The summed E-state index contributed by atoms with van der Waals surface area (Å²) in [4.78, 5) is 20.7. The molecule has 0 radical (unpaired) electrons. The van der Waals surface area contributed by atoms with Gasteiger partial charge < -0.3 is 9.88 Å². The van der Waals surface area contributed by atoms with E-state index in [1.807, 2.05) is 6.07 Å². The summed E-state index contributed by atoms with van der Waals surface area (Å²) in [7, 11) is 1.74. The predicted octanol–water partition coefficient (Wildman–Crippen LogP) is 2.20. The number of anilines is 1. The van der Waals surface area contributed by atoms with Gasteiger partial charge in [-0.2, -0.15) is 0 Å². The van der Waals surface area contributed by atoms with E-state index in [2.05, 4.69) is 15.3 Å². The molecule has 2 aromatic rings. The van der Waals surface area contributed by atoms with E-state index in [0.29, 0.717) is 17.6 Å². The van der Waals surface area contributed by atoms with E-state index in [1.54, 1.807) is 36.3 Å². The fourth-order valence-corrected chi connectivity index (χ4v) is 2.61. The molecular weight excluding hydrogens is 252 g/mol. The van der Waals surface area contributed by atoms with E-state index in [0.717, 1.165) is 5.56 Å². The number of nitrogens with zero attached hydrogens (tertiary/aromatic N) is 3. The van der Waals surface area contributed by atoms with Crippen molar-refractivity contribution in [1.29, 1.82) is 0 Å². The molecule has 5 nitrogen and oxygen atoms in total. The molecule has 0 saturated heterocycles. The molecule has 0 amide bonds. The van der Waals surface area contributed by atoms with Crippen LogP contribution in [-0.4, -0.2) is 20.6 Å². The van der Waals surface area contributed by atoms with Crippen LogP contribution in [0.5, 0.6) is 0 Å². The predicted molar refractivity (Wildman–Crippen MR) is 78.6 cm³/mol. The minimum atomic E-state index is -0.0346. The fourth-order valence-electron chi connectivity index (χ4n) is 2.61. The van der Waals surface area contributed by atoms with Crippen molar-refractivity contribution >= 4 is 5.95 Å². The van der Waals surface area contributed by atoms with Gasteiger partial charge in [0.1, 0.15) is 0 Å². The third kappa shape index (κ3) is 2.57. The van der Waals surface area contributed by atoms with E-state index in [1.165, 1.54) is 25.7 Å². The zero-order valence-electron chi connectivity index (χ0n) is 11.5. The number of aromatic nitrogens is 3. The Kier molecular flexibility index (Phi) is 3.50. The Hall–Kier alpha value is -2.17. The summed E-state index contributed by atoms with van der Waals surface area (Å²) in [5.74, 6) is 0.647. The van der Waals surface area contributed by atoms with Crippen LogP contribution in [0, 0.1) is 0 Å². The maximum Gasteiger partial charge on any atom is 0.258 e. The molecule has 20 heavy (non-hydrogen) atoms. The van der Waals surface area contributed by atoms with Crippen molar-refractivity contribution in [1.82, 2.24) is 14.5 Å². The summed E-state index contributed by atoms with van der Waals surface area (Å²) >= 11 is 0. The summed E-state index contributed by atoms with van der Waals surface area (Å²) in [6, 6.07) is 4.14. The first-order valence-corrected chi connectivity index (χ1v) is 6.98. The smallest absolute Gasteiger partial charge is 0.258 e. The molecule has 3 rings (SSSR count). The Labute approximate surface area is 117 Å². The molecular formula is C15H18N4O. The summed E-state index contributed by atoms with van der Waals surface area (Å²) in [5, 5.41) is 3.34. The first-order chi connectivity index (χ1) is 9.74. The Morgan fingerprint density at radius 3 is 2.65 bits per heavy atom. The second-order valence-electron chi connectivity index (χ2n) is 5.26. The van der Waals surface area contributed by atoms with Crippen LogP contribution < -0.4 is 10.9 Å². The lowest BCUT2D eigenvalue weighted by Crippen LogP contribution is -2.18. The Morgan fingerprint density at radius 2 is 1.95 bits per heavy atom. The number of hydrogen-bond donors (Lipinski definition) is 1. The van der Waals surface area contributed by atoms with Gasteiger partial charge in [0, 0.05) is 37.2 Å². The van der Waals surface area contributed by atoms with Gasteiger partial charge in [0.05, 0.1) is 5.56 Å². The van der Waals surface area contributed by atoms with Gasteiger partial charge in [-0.3, -0.25) is 4.79 Å². The third-order valence-corrected chi connectivity index (χ3v) is 3.77. The third-order valence-electron chi connectivity index (χ3n) is 3.77. The van der Waals surface area contributed by atoms with Crippen molar-refractivity contribution in [3.63, 3.8) is 0 Å². The molecule has 2 heterocycles. The van der Waals surface area contributed by atoms with Crippen LogP contribution in [0.2, 0.25) is 0 Å². The van der Waals surface area contributed by atoms with Crippen LogP contribution in [0.4, 0.5) is 5.95 Å². The van der Waals surface area contributed by atoms with Crippen molar-refractivity contribution in [2.45, 2.75) is 31.7 Å². The topological polar surface area (TPSA) is 59.8 Å². The van der Waals surface area contributed by atoms with E-state index in [9.17, 15) is 4.79 Å². The molecule has 1 fully saturated rings. The lowest BCUT2D eigenvalue weighted by molar-refractivity contribution is 0.744. The van der Waals surface area contributed by atoms with Crippen LogP contribution in [-0.2, 0) is 7.05 Å². The van der Waals surface area contributed by atoms with E-state index < -0.39 is 0 Å². The summed E-state index contributed by atoms with van der Waals surface area (Å²) in [6.45, 7) is 0. The van der Waals surface area contributed by atoms with Crippen LogP contribution in [0.1, 0.15) is 25.7 Å². The van der Waals surface area contributed by atoms with E-state index in [-0.39, 0.29) is 5.56 Å². The Morgan fingerprint density at radius 1 is 1.25 bits per heavy atom. The van der Waals surface area contributed by atoms with E-state index >= 15 is 0 Å². The molecule has 0 bridgehead atoms. The number of nitrogens with one attached hydrogen (secondary N) is 1. The second kappa shape index (κ2) is 5.45. The zero-order valence-corrected chi connectivity index (χ0v) is 11.5. The zero-order chi connectivity index (χ0) is 13.9. The van der Waals surface area contributed by atoms with Gasteiger partial charge >= 0.3 is 0 Å². The van der Waals surface area contributed by atoms with Gasteiger partial charge in [0.25, 0.3) is 5.56 Å². The lowest BCUT2D eigenvalue weighted by Gasteiger charge is -2.11. The normalized spacial score (nSPS) is 15.4. The monoisotopic (exact) mass is 270 g/mol. The van der Waals surface area contributed by atoms with Gasteiger partial charge in [0.15, 0.2) is 0 Å². The van der Waals surface area contributed by atoms with Crippen LogP contribution >= 0.6 is 0 Å². The molecule has 2 aromatic heterocycles. The second-order valence-corrected chi connectivity index (χ2v) is 5.26. The molecule has 0 atom stereocenters. The minimum absolute atomic E-state index is 0.0346. The van der Waals surface area contributed by atoms with Crippen LogP contribution in [0.3, 0.4) is 0 Å². The van der Waals surface area contributed by atoms with Gasteiger partial charge in [-0.25, -0.2) is 9.97 Å². The largest absolute Gasteiger partial charge is 0.351 e. The first kappa shape index (κ1) is 12.8. The van der Waals surface area contributed by atoms with Crippen molar-refractivity contribution in [2.75, 3.05) is 5.32 Å². The maximum atomic E-state index is 12.0. The number of aryl methyl sites for hydroxylation is 1. The van der Waals surface area contributed by atoms with Gasteiger partial charge in [-0.1, -0.05) is 12.8 Å². The van der Waals surface area contributed by atoms with Gasteiger partial charge in [0.2, 0.25) is 5.95 Å². The summed E-state index contributed by atoms with van der Waals surface area (Å²) in [5.41, 5.74) is 1.35. The fraction of sp³-hybridized carbons (Fsp3) is 0.400. The molecule has 0 aromatic carbocycles. The Bertz CT molecular complexity index is 642. The molecule has 1 aliphatic rings. The standard InChI is InChI=1S/C15H18N4O/c1-19-8-4-7-13(14(19)20)11-9-16-15(17-10-11)18-12-5-2-3-6-12/h4,7-10,12H,2-3,5-6H2,1H3,(H,16,17,18). The van der Waals surface area contributed by atoms with Crippen LogP contribution in [0.15, 0.2) is 35.5 Å². The highest BCUT2D eigenvalue weighted by Crippen LogP contribution is 2.21. The molecule has 0 unspecified atom stereocenters. The molecule has 1 aliphatic carbocycles. The summed E-state index contributed by atoms with van der Waals surface area (Å²) in [6.07, 6.45) is 10.1. The summed E-state index contributed by atoms with van der Waals surface area (Å²) < 4.78 is 1.56. The van der Waals surface area contributed by atoms with Gasteiger partial charge in [-0.15, -0.1) is 0 Å². The number of pyridine rings is 1. The van der Waals surface area contributed by atoms with Crippen molar-refractivity contribution in [2.24, 2.45) is 7.05 Å². The van der Waals surface area contributed by atoms with Gasteiger partial charge in [-0.05, 0) is 25.0 Å². The minimum Gasteiger partial charge on any atom is -0.351 e. The number of hydrogen-bond acceptors (Lipinski definition) is 4. The van der Waals surface area contributed by atoms with Crippen LogP contribution in [0.25, 0.3) is 11.1 Å². The molecule has 1 N–H and O–H groups in total. The average molecular weight is 270 g/mol. The maximum absolute atomic E-state index is 12.0. The highest BCUT2D eigenvalue weighted by molar-refractivity contribution is 5.60. The van der Waals surface area contributed by atoms with Crippen molar-refractivity contribution in [3.8, 4) is 11.1 Å². The molecule has 104 valence electrons. The lowest BCUT2D eigenvalue weighted by atomic mass is 10.1. The molecule has 0 aliphatic heterocycles. The molecule has 5 heteroatoms. The quantitative estimate of drug-likeness (QED) is 0.928.